The topological polar surface area (TPSA) is 71.8 Å². The molecule has 0 bridgehead atoms. The van der Waals surface area contributed by atoms with Crippen molar-refractivity contribution in [2.24, 2.45) is 0 Å². The molecule has 1 aliphatic rings. The van der Waals surface area contributed by atoms with Gasteiger partial charge in [-0.3, -0.25) is 9.69 Å². The average molecular weight is 407 g/mol. The van der Waals surface area contributed by atoms with Crippen LogP contribution in [0.2, 0.25) is 0 Å². The van der Waals surface area contributed by atoms with E-state index in [0.29, 0.717) is 22.8 Å². The lowest BCUT2D eigenvalue weighted by atomic mass is 9.92. The van der Waals surface area contributed by atoms with Crippen molar-refractivity contribution < 1.29 is 18.7 Å². The third-order valence-corrected chi connectivity index (χ3v) is 4.92. The van der Waals surface area contributed by atoms with Gasteiger partial charge >= 0.3 is 6.03 Å². The maximum Gasteiger partial charge on any atom is 0.325 e. The van der Waals surface area contributed by atoms with E-state index in [-0.39, 0.29) is 12.5 Å². The number of hydrogen-bond acceptors (Lipinski definition) is 4. The first kappa shape index (κ1) is 17.5. The van der Waals surface area contributed by atoms with E-state index >= 15 is 0 Å². The second-order valence-electron chi connectivity index (χ2n) is 6.23. The summed E-state index contributed by atoms with van der Waals surface area (Å²) in [5.74, 6) is 1.62. The lowest BCUT2D eigenvalue weighted by molar-refractivity contribution is -0.131. The van der Waals surface area contributed by atoms with E-state index in [0.717, 1.165) is 10.0 Å². The number of benzene rings is 1. The fourth-order valence-electron chi connectivity index (χ4n) is 3.19. The summed E-state index contributed by atoms with van der Waals surface area (Å²) in [5.41, 5.74) is 0.273. The molecule has 2 heterocycles. The van der Waals surface area contributed by atoms with Crippen molar-refractivity contribution in [2.45, 2.75) is 32.9 Å². The summed E-state index contributed by atoms with van der Waals surface area (Å²) in [5, 5.41) is 2.80. The van der Waals surface area contributed by atoms with Crippen molar-refractivity contribution in [3.05, 3.63) is 51.4 Å². The van der Waals surface area contributed by atoms with Crippen LogP contribution in [0.5, 0.6) is 5.75 Å². The Bertz CT molecular complexity index is 861. The van der Waals surface area contributed by atoms with Gasteiger partial charge in [-0.1, -0.05) is 15.9 Å². The molecule has 1 aromatic carbocycles. The SMILES string of the molecule is COc1ccc(Br)cc1CN1C(=O)NC(C)(c2cc(C)oc2C)C1=O. The smallest absolute Gasteiger partial charge is 0.325 e. The quantitative estimate of drug-likeness (QED) is 0.786. The minimum Gasteiger partial charge on any atom is -0.496 e. The maximum absolute atomic E-state index is 13.0. The van der Waals surface area contributed by atoms with Crippen molar-refractivity contribution in [3.63, 3.8) is 0 Å². The molecule has 0 spiro atoms. The molecule has 2 aromatic rings. The van der Waals surface area contributed by atoms with Gasteiger partial charge in [0.1, 0.15) is 22.8 Å². The number of urea groups is 1. The molecule has 0 saturated carbocycles. The van der Waals surface area contributed by atoms with Crippen LogP contribution >= 0.6 is 15.9 Å². The van der Waals surface area contributed by atoms with Crippen LogP contribution in [0.4, 0.5) is 4.79 Å². The van der Waals surface area contributed by atoms with Crippen molar-refractivity contribution >= 4 is 27.9 Å². The fourth-order valence-corrected chi connectivity index (χ4v) is 3.60. The summed E-state index contributed by atoms with van der Waals surface area (Å²) in [6.07, 6.45) is 0. The van der Waals surface area contributed by atoms with Crippen molar-refractivity contribution in [1.82, 2.24) is 10.2 Å². The lowest BCUT2D eigenvalue weighted by Crippen LogP contribution is -2.41. The van der Waals surface area contributed by atoms with Crippen LogP contribution in [0, 0.1) is 13.8 Å². The number of nitrogens with one attached hydrogen (secondary N) is 1. The zero-order chi connectivity index (χ0) is 18.4. The van der Waals surface area contributed by atoms with Gasteiger partial charge in [-0.05, 0) is 45.0 Å². The molecule has 1 atom stereocenters. The van der Waals surface area contributed by atoms with Gasteiger partial charge in [0, 0.05) is 15.6 Å². The molecule has 1 fully saturated rings. The average Bonchev–Trinajstić information content (AvgIpc) is 3.00. The molecule has 0 radical (unpaired) electrons. The molecule has 3 amide bonds. The molecule has 1 N–H and O–H groups in total. The number of rotatable bonds is 4. The van der Waals surface area contributed by atoms with Crippen LogP contribution < -0.4 is 10.1 Å². The van der Waals surface area contributed by atoms with E-state index in [2.05, 4.69) is 21.2 Å². The first-order valence-electron chi connectivity index (χ1n) is 7.80. The molecule has 1 saturated heterocycles. The second-order valence-corrected chi connectivity index (χ2v) is 7.15. The van der Waals surface area contributed by atoms with Gasteiger partial charge in [0.2, 0.25) is 0 Å². The van der Waals surface area contributed by atoms with Gasteiger partial charge < -0.3 is 14.5 Å². The highest BCUT2D eigenvalue weighted by atomic mass is 79.9. The number of aryl methyl sites for hydroxylation is 2. The van der Waals surface area contributed by atoms with Gasteiger partial charge in [0.15, 0.2) is 0 Å². The van der Waals surface area contributed by atoms with Crippen LogP contribution in [-0.2, 0) is 16.9 Å². The van der Waals surface area contributed by atoms with E-state index in [4.69, 9.17) is 9.15 Å². The predicted octanol–water partition coefficient (Wildman–Crippen LogP) is 3.63. The van der Waals surface area contributed by atoms with E-state index in [1.54, 1.807) is 33.1 Å². The third-order valence-electron chi connectivity index (χ3n) is 4.43. The van der Waals surface area contributed by atoms with Crippen LogP contribution in [-0.4, -0.2) is 23.9 Å². The second kappa shape index (κ2) is 6.22. The summed E-state index contributed by atoms with van der Waals surface area (Å²) in [7, 11) is 1.56. The maximum atomic E-state index is 13.0. The van der Waals surface area contributed by atoms with Crippen LogP contribution in [0.1, 0.15) is 29.6 Å². The largest absolute Gasteiger partial charge is 0.496 e. The molecule has 25 heavy (non-hydrogen) atoms. The summed E-state index contributed by atoms with van der Waals surface area (Å²) in [4.78, 5) is 26.7. The van der Waals surface area contributed by atoms with Gasteiger partial charge in [-0.2, -0.15) is 0 Å². The van der Waals surface area contributed by atoms with E-state index in [1.165, 1.54) is 4.90 Å². The lowest BCUT2D eigenvalue weighted by Gasteiger charge is -2.21. The molecular weight excluding hydrogens is 388 g/mol. The molecule has 1 aromatic heterocycles. The molecule has 6 nitrogen and oxygen atoms in total. The zero-order valence-corrected chi connectivity index (χ0v) is 16.1. The normalized spacial score (nSPS) is 20.1. The Morgan fingerprint density at radius 3 is 2.60 bits per heavy atom. The van der Waals surface area contributed by atoms with Gasteiger partial charge in [0.25, 0.3) is 5.91 Å². The Morgan fingerprint density at radius 1 is 1.28 bits per heavy atom. The molecule has 1 aliphatic heterocycles. The van der Waals surface area contributed by atoms with E-state index in [9.17, 15) is 9.59 Å². The van der Waals surface area contributed by atoms with E-state index < -0.39 is 11.6 Å². The Hall–Kier alpha value is -2.28. The molecule has 0 aliphatic carbocycles. The minimum atomic E-state index is -1.14. The Balaban J connectivity index is 1.95. The Morgan fingerprint density at radius 2 is 2.00 bits per heavy atom. The number of amides is 3. The standard InChI is InChI=1S/C18H19BrN2O4/c1-10-7-14(11(2)25-10)18(3)16(22)21(17(23)20-18)9-12-8-13(19)5-6-15(12)24-4/h5-8H,9H2,1-4H3,(H,20,23). The van der Waals surface area contributed by atoms with Gasteiger partial charge in [-0.25, -0.2) is 4.79 Å². The predicted molar refractivity (Wildman–Crippen MR) is 95.3 cm³/mol. The number of ether oxygens (including phenoxy) is 1. The zero-order valence-electron chi connectivity index (χ0n) is 14.5. The van der Waals surface area contributed by atoms with Crippen LogP contribution in [0.25, 0.3) is 0 Å². The summed E-state index contributed by atoms with van der Waals surface area (Å²) < 4.78 is 11.7. The number of nitrogens with zero attached hydrogens (tertiary/aromatic N) is 1. The number of halogens is 1. The highest BCUT2D eigenvalue weighted by molar-refractivity contribution is 9.10. The Labute approximate surface area is 154 Å². The number of carbonyl (C=O) groups excluding carboxylic acids is 2. The van der Waals surface area contributed by atoms with Crippen molar-refractivity contribution in [2.75, 3.05) is 7.11 Å². The van der Waals surface area contributed by atoms with Crippen LogP contribution in [0.15, 0.2) is 33.2 Å². The van der Waals surface area contributed by atoms with Crippen molar-refractivity contribution in [3.8, 4) is 5.75 Å². The summed E-state index contributed by atoms with van der Waals surface area (Å²) in [6.45, 7) is 5.42. The van der Waals surface area contributed by atoms with Crippen LogP contribution in [0.3, 0.4) is 0 Å². The molecule has 7 heteroatoms. The molecule has 1 unspecified atom stereocenters. The minimum absolute atomic E-state index is 0.124. The number of imide groups is 1. The monoisotopic (exact) mass is 406 g/mol. The highest BCUT2D eigenvalue weighted by Gasteiger charge is 2.50. The molecular formula is C18H19BrN2O4. The number of furan rings is 1. The van der Waals surface area contributed by atoms with Gasteiger partial charge in [-0.15, -0.1) is 0 Å². The fraction of sp³-hybridized carbons (Fsp3) is 0.333. The number of carbonyl (C=O) groups is 2. The molecule has 132 valence electrons. The van der Waals surface area contributed by atoms with Crippen molar-refractivity contribution in [1.29, 1.82) is 0 Å². The van der Waals surface area contributed by atoms with E-state index in [1.807, 2.05) is 19.1 Å². The number of hydrogen-bond donors (Lipinski definition) is 1. The summed E-state index contributed by atoms with van der Waals surface area (Å²) in [6, 6.07) is 6.82. The van der Waals surface area contributed by atoms with Gasteiger partial charge in [0.05, 0.1) is 13.7 Å². The molecule has 3 rings (SSSR count). The summed E-state index contributed by atoms with van der Waals surface area (Å²) >= 11 is 3.40. The first-order valence-corrected chi connectivity index (χ1v) is 8.59. The first-order chi connectivity index (χ1) is 11.8. The highest BCUT2D eigenvalue weighted by Crippen LogP contribution is 2.34. The Kier molecular flexibility index (Phi) is 4.36. The number of methoxy groups -OCH3 is 1. The third kappa shape index (κ3) is 2.93.